The number of nitrogens with one attached hydrogen (secondary N) is 1. The van der Waals surface area contributed by atoms with Gasteiger partial charge in [0, 0.05) is 5.39 Å². The largest absolute Gasteiger partial charge is 0.483 e. The average molecular weight is 348 g/mol. The van der Waals surface area contributed by atoms with Gasteiger partial charge in [0.05, 0.1) is 16.8 Å². The number of hydrogen-bond donors (Lipinski definition) is 1. The van der Waals surface area contributed by atoms with Crippen LogP contribution in [0.5, 0.6) is 5.75 Å². The summed E-state index contributed by atoms with van der Waals surface area (Å²) in [6.45, 7) is 0.399. The number of carbonyl (C=O) groups is 1. The van der Waals surface area contributed by atoms with E-state index in [1.807, 2.05) is 66.7 Å². The van der Waals surface area contributed by atoms with E-state index < -0.39 is 0 Å². The van der Waals surface area contributed by atoms with Gasteiger partial charge >= 0.3 is 0 Å². The first-order chi connectivity index (χ1) is 12.3. The fourth-order valence-corrected chi connectivity index (χ4v) is 3.59. The van der Waals surface area contributed by atoms with E-state index in [0.29, 0.717) is 12.3 Å². The molecule has 0 bridgehead atoms. The highest BCUT2D eigenvalue weighted by molar-refractivity contribution is 7.18. The van der Waals surface area contributed by atoms with Crippen LogP contribution >= 0.6 is 11.3 Å². The summed E-state index contributed by atoms with van der Waals surface area (Å²) in [5, 5.41) is 5.85. The number of para-hydroxylation sites is 1. The molecule has 0 aliphatic heterocycles. The third kappa shape index (κ3) is 3.46. The van der Waals surface area contributed by atoms with Crippen molar-refractivity contribution in [1.82, 2.24) is 10.3 Å². The molecule has 0 spiro atoms. The van der Waals surface area contributed by atoms with Crippen LogP contribution in [0.25, 0.3) is 21.0 Å². The Bertz CT molecular complexity index is 1000. The number of rotatable bonds is 5. The summed E-state index contributed by atoms with van der Waals surface area (Å²) in [5.41, 5.74) is 0.962. The van der Waals surface area contributed by atoms with Gasteiger partial charge in [0.2, 0.25) is 0 Å². The quantitative estimate of drug-likeness (QED) is 0.590. The summed E-state index contributed by atoms with van der Waals surface area (Å²) in [4.78, 5) is 16.6. The van der Waals surface area contributed by atoms with Crippen molar-refractivity contribution in [2.75, 3.05) is 6.61 Å². The van der Waals surface area contributed by atoms with Crippen LogP contribution in [0.4, 0.5) is 0 Å². The van der Waals surface area contributed by atoms with E-state index in [1.54, 1.807) is 11.3 Å². The van der Waals surface area contributed by atoms with Crippen LogP contribution in [0.15, 0.2) is 66.7 Å². The number of fused-ring (bicyclic) bond motifs is 2. The second-order valence-corrected chi connectivity index (χ2v) is 6.73. The molecule has 1 heterocycles. The molecule has 0 atom stereocenters. The van der Waals surface area contributed by atoms with Crippen LogP contribution in [-0.4, -0.2) is 17.5 Å². The zero-order valence-electron chi connectivity index (χ0n) is 13.4. The molecular formula is C20H16N2O2S. The lowest BCUT2D eigenvalue weighted by Crippen LogP contribution is -2.28. The molecule has 5 heteroatoms. The second kappa shape index (κ2) is 6.91. The second-order valence-electron chi connectivity index (χ2n) is 5.62. The molecule has 4 nitrogen and oxygen atoms in total. The van der Waals surface area contributed by atoms with Gasteiger partial charge in [-0.05, 0) is 23.6 Å². The first-order valence-electron chi connectivity index (χ1n) is 8.01. The fraction of sp³-hybridized carbons (Fsp3) is 0.100. The maximum absolute atomic E-state index is 12.1. The topological polar surface area (TPSA) is 51.2 Å². The SMILES string of the molecule is O=C(COc1cccc2ccccc12)NCc1nc2ccccc2s1. The predicted molar refractivity (Wildman–Crippen MR) is 101 cm³/mol. The Morgan fingerprint density at radius 3 is 2.72 bits per heavy atom. The van der Waals surface area contributed by atoms with Gasteiger partial charge in [-0.1, -0.05) is 48.5 Å². The molecule has 4 aromatic rings. The lowest BCUT2D eigenvalue weighted by molar-refractivity contribution is -0.123. The molecule has 1 N–H and O–H groups in total. The molecule has 0 fully saturated rings. The van der Waals surface area contributed by atoms with Crippen LogP contribution in [0, 0.1) is 0 Å². The molecule has 1 amide bonds. The van der Waals surface area contributed by atoms with Crippen molar-refractivity contribution in [1.29, 1.82) is 0 Å². The van der Waals surface area contributed by atoms with Crippen LogP contribution < -0.4 is 10.1 Å². The minimum absolute atomic E-state index is 0.0150. The normalized spacial score (nSPS) is 10.9. The Morgan fingerprint density at radius 1 is 1.00 bits per heavy atom. The van der Waals surface area contributed by atoms with Crippen LogP contribution in [-0.2, 0) is 11.3 Å². The van der Waals surface area contributed by atoms with Crippen molar-refractivity contribution in [3.8, 4) is 5.75 Å². The zero-order valence-corrected chi connectivity index (χ0v) is 14.3. The minimum Gasteiger partial charge on any atom is -0.483 e. The number of thiazole rings is 1. The van der Waals surface area contributed by atoms with Crippen LogP contribution in [0.3, 0.4) is 0 Å². The smallest absolute Gasteiger partial charge is 0.258 e. The van der Waals surface area contributed by atoms with E-state index in [2.05, 4.69) is 10.3 Å². The summed E-state index contributed by atoms with van der Waals surface area (Å²) >= 11 is 1.59. The highest BCUT2D eigenvalue weighted by Crippen LogP contribution is 2.25. The molecule has 0 unspecified atom stereocenters. The summed E-state index contributed by atoms with van der Waals surface area (Å²) in [5.74, 6) is 0.556. The molecule has 4 rings (SSSR count). The van der Waals surface area contributed by atoms with Gasteiger partial charge in [-0.15, -0.1) is 11.3 Å². The third-order valence-corrected chi connectivity index (χ3v) is 4.92. The van der Waals surface area contributed by atoms with E-state index in [9.17, 15) is 4.79 Å². The molecule has 3 aromatic carbocycles. The molecule has 0 saturated heterocycles. The Balaban J connectivity index is 1.37. The number of ether oxygens (including phenoxy) is 1. The highest BCUT2D eigenvalue weighted by atomic mass is 32.1. The molecule has 0 aliphatic carbocycles. The van der Waals surface area contributed by atoms with Crippen molar-refractivity contribution in [2.24, 2.45) is 0 Å². The van der Waals surface area contributed by atoms with E-state index in [1.165, 1.54) is 0 Å². The summed E-state index contributed by atoms with van der Waals surface area (Å²) in [6.07, 6.45) is 0. The van der Waals surface area contributed by atoms with Gasteiger partial charge in [0.1, 0.15) is 10.8 Å². The van der Waals surface area contributed by atoms with Crippen molar-refractivity contribution >= 4 is 38.2 Å². The minimum atomic E-state index is -0.160. The van der Waals surface area contributed by atoms with Crippen LogP contribution in [0.1, 0.15) is 5.01 Å². The zero-order chi connectivity index (χ0) is 17.1. The number of nitrogens with zero attached hydrogens (tertiary/aromatic N) is 1. The van der Waals surface area contributed by atoms with E-state index in [-0.39, 0.29) is 12.5 Å². The molecular weight excluding hydrogens is 332 g/mol. The Kier molecular flexibility index (Phi) is 4.31. The van der Waals surface area contributed by atoms with E-state index in [4.69, 9.17) is 4.74 Å². The van der Waals surface area contributed by atoms with Crippen molar-refractivity contribution in [3.63, 3.8) is 0 Å². The lowest BCUT2D eigenvalue weighted by atomic mass is 10.1. The van der Waals surface area contributed by atoms with Crippen LogP contribution in [0.2, 0.25) is 0 Å². The van der Waals surface area contributed by atoms with Crippen molar-refractivity contribution in [3.05, 3.63) is 71.7 Å². The fourth-order valence-electron chi connectivity index (χ4n) is 2.69. The monoisotopic (exact) mass is 348 g/mol. The van der Waals surface area contributed by atoms with E-state index >= 15 is 0 Å². The van der Waals surface area contributed by atoms with Gasteiger partial charge in [-0.3, -0.25) is 4.79 Å². The summed E-state index contributed by atoms with van der Waals surface area (Å²) < 4.78 is 6.82. The Labute approximate surface area is 149 Å². The molecule has 25 heavy (non-hydrogen) atoms. The van der Waals surface area contributed by atoms with Gasteiger partial charge in [0.15, 0.2) is 6.61 Å². The highest BCUT2D eigenvalue weighted by Gasteiger charge is 2.08. The number of carbonyl (C=O) groups excluding carboxylic acids is 1. The first-order valence-corrected chi connectivity index (χ1v) is 8.83. The maximum Gasteiger partial charge on any atom is 0.258 e. The van der Waals surface area contributed by atoms with Gasteiger partial charge in [-0.25, -0.2) is 4.98 Å². The number of aromatic nitrogens is 1. The van der Waals surface area contributed by atoms with Crippen molar-refractivity contribution in [2.45, 2.75) is 6.54 Å². The molecule has 0 aliphatic rings. The maximum atomic E-state index is 12.1. The predicted octanol–water partition coefficient (Wildman–Crippen LogP) is 4.14. The van der Waals surface area contributed by atoms with Gasteiger partial charge < -0.3 is 10.1 Å². The molecule has 124 valence electrons. The Morgan fingerprint density at radius 2 is 1.80 bits per heavy atom. The lowest BCUT2D eigenvalue weighted by Gasteiger charge is -2.09. The molecule has 0 radical (unpaired) electrons. The van der Waals surface area contributed by atoms with Gasteiger partial charge in [-0.2, -0.15) is 0 Å². The van der Waals surface area contributed by atoms with E-state index in [0.717, 1.165) is 26.0 Å². The third-order valence-electron chi connectivity index (χ3n) is 3.88. The first kappa shape index (κ1) is 15.6. The summed E-state index contributed by atoms with van der Waals surface area (Å²) in [7, 11) is 0. The molecule has 0 saturated carbocycles. The number of amides is 1. The van der Waals surface area contributed by atoms with Gasteiger partial charge in [0.25, 0.3) is 5.91 Å². The standard InChI is InChI=1S/C20H16N2O2S/c23-19(21-12-20-22-16-9-3-4-11-18(16)25-20)13-24-17-10-5-7-14-6-1-2-8-15(14)17/h1-11H,12-13H2,(H,21,23). The number of benzene rings is 3. The average Bonchev–Trinajstić information content (AvgIpc) is 3.07. The molecule has 1 aromatic heterocycles. The van der Waals surface area contributed by atoms with Crippen molar-refractivity contribution < 1.29 is 9.53 Å². The number of hydrogen-bond acceptors (Lipinski definition) is 4. The Hall–Kier alpha value is -2.92. The summed E-state index contributed by atoms with van der Waals surface area (Å²) in [6, 6.07) is 21.7.